The second-order valence-corrected chi connectivity index (χ2v) is 4.35. The summed E-state index contributed by atoms with van der Waals surface area (Å²) in [6.07, 6.45) is 0.804. The Morgan fingerprint density at radius 2 is 2.35 bits per heavy atom. The summed E-state index contributed by atoms with van der Waals surface area (Å²) in [7, 11) is 1.65. The van der Waals surface area contributed by atoms with Gasteiger partial charge in [0.15, 0.2) is 6.61 Å². The fourth-order valence-corrected chi connectivity index (χ4v) is 2.00. The van der Waals surface area contributed by atoms with E-state index in [1.54, 1.807) is 12.0 Å². The van der Waals surface area contributed by atoms with Crippen LogP contribution in [0.25, 0.3) is 0 Å². The molecular weight excluding hydrogens is 238 g/mol. The van der Waals surface area contributed by atoms with Gasteiger partial charge in [0.2, 0.25) is 0 Å². The summed E-state index contributed by atoms with van der Waals surface area (Å²) in [6, 6.07) is 5.54. The number of rotatable bonds is 4. The molecule has 1 heterocycles. The molecule has 0 saturated heterocycles. The van der Waals surface area contributed by atoms with Crippen molar-refractivity contribution < 1.29 is 14.3 Å². The minimum absolute atomic E-state index is 0.0208. The number of carbonyl (C=O) groups is 1. The molecule has 92 valence electrons. The van der Waals surface area contributed by atoms with E-state index in [9.17, 15) is 4.79 Å². The zero-order valence-electron chi connectivity index (χ0n) is 9.68. The third kappa shape index (κ3) is 2.73. The molecule has 0 fully saturated rings. The van der Waals surface area contributed by atoms with Gasteiger partial charge in [0, 0.05) is 25.2 Å². The van der Waals surface area contributed by atoms with Gasteiger partial charge in [-0.1, -0.05) is 0 Å². The molecule has 1 aliphatic heterocycles. The zero-order chi connectivity index (χ0) is 12.3. The summed E-state index contributed by atoms with van der Waals surface area (Å²) in [5, 5.41) is 0. The highest BCUT2D eigenvalue weighted by molar-refractivity contribution is 7.80. The fraction of sp³-hybridized carbons (Fsp3) is 0.417. The number of nitrogens with zero attached hydrogens (tertiary/aromatic N) is 1. The highest BCUT2D eigenvalue weighted by Gasteiger charge is 2.24. The van der Waals surface area contributed by atoms with Crippen LogP contribution in [0.3, 0.4) is 0 Å². The Balaban J connectivity index is 2.20. The summed E-state index contributed by atoms with van der Waals surface area (Å²) in [4.78, 5) is 14.3. The Morgan fingerprint density at radius 1 is 1.53 bits per heavy atom. The standard InChI is InChI=1S/C12H15NO3S/c1-15-6-2-5-13-10-7-9(17)3-4-11(10)16-8-12(13)14/h3-4,7,17H,2,5-6,8H2,1H3. The molecule has 0 saturated carbocycles. The molecule has 1 amide bonds. The number of hydrogen-bond donors (Lipinski definition) is 1. The van der Waals surface area contributed by atoms with E-state index in [1.807, 2.05) is 18.2 Å². The van der Waals surface area contributed by atoms with Crippen LogP contribution in [-0.4, -0.2) is 32.8 Å². The van der Waals surface area contributed by atoms with Gasteiger partial charge < -0.3 is 14.4 Å². The van der Waals surface area contributed by atoms with Crippen molar-refractivity contribution in [3.63, 3.8) is 0 Å². The number of hydrogen-bond acceptors (Lipinski definition) is 4. The molecule has 0 bridgehead atoms. The molecule has 0 atom stereocenters. The molecule has 1 aliphatic rings. The Kier molecular flexibility index (Phi) is 3.91. The van der Waals surface area contributed by atoms with Crippen molar-refractivity contribution in [2.75, 3.05) is 31.8 Å². The minimum Gasteiger partial charge on any atom is -0.482 e. The first-order chi connectivity index (χ1) is 8.22. The molecule has 0 aromatic heterocycles. The quantitative estimate of drug-likeness (QED) is 0.656. The molecule has 0 N–H and O–H groups in total. The van der Waals surface area contributed by atoms with Crippen molar-refractivity contribution in [2.45, 2.75) is 11.3 Å². The van der Waals surface area contributed by atoms with Gasteiger partial charge in [0.05, 0.1) is 5.69 Å². The molecule has 4 nitrogen and oxygen atoms in total. The number of methoxy groups -OCH3 is 1. The third-order valence-corrected chi connectivity index (χ3v) is 2.89. The summed E-state index contributed by atoms with van der Waals surface area (Å²) in [6.45, 7) is 1.38. The molecule has 1 aromatic rings. The first-order valence-electron chi connectivity index (χ1n) is 5.47. The number of fused-ring (bicyclic) bond motifs is 1. The molecule has 5 heteroatoms. The van der Waals surface area contributed by atoms with Gasteiger partial charge in [-0.2, -0.15) is 0 Å². The molecule has 0 spiro atoms. The van der Waals surface area contributed by atoms with Crippen molar-refractivity contribution in [1.82, 2.24) is 0 Å². The number of benzene rings is 1. The average molecular weight is 253 g/mol. The van der Waals surface area contributed by atoms with Gasteiger partial charge in [-0.05, 0) is 24.6 Å². The molecule has 2 rings (SSSR count). The van der Waals surface area contributed by atoms with Crippen LogP contribution in [0.1, 0.15) is 6.42 Å². The van der Waals surface area contributed by atoms with Crippen LogP contribution in [0.2, 0.25) is 0 Å². The Labute approximate surface area is 106 Å². The summed E-state index contributed by atoms with van der Waals surface area (Å²) in [5.41, 5.74) is 0.796. The van der Waals surface area contributed by atoms with E-state index in [-0.39, 0.29) is 12.5 Å². The Bertz CT molecular complexity index is 422. The van der Waals surface area contributed by atoms with Crippen LogP contribution in [0.4, 0.5) is 5.69 Å². The zero-order valence-corrected chi connectivity index (χ0v) is 10.6. The largest absolute Gasteiger partial charge is 0.482 e. The molecular formula is C12H15NO3S. The lowest BCUT2D eigenvalue weighted by atomic mass is 10.2. The number of amides is 1. The van der Waals surface area contributed by atoms with E-state index in [4.69, 9.17) is 9.47 Å². The smallest absolute Gasteiger partial charge is 0.265 e. The topological polar surface area (TPSA) is 38.8 Å². The number of ether oxygens (including phenoxy) is 2. The van der Waals surface area contributed by atoms with E-state index in [2.05, 4.69) is 12.6 Å². The summed E-state index contributed by atoms with van der Waals surface area (Å²) >= 11 is 4.28. The highest BCUT2D eigenvalue weighted by atomic mass is 32.1. The lowest BCUT2D eigenvalue weighted by Crippen LogP contribution is -2.39. The van der Waals surface area contributed by atoms with Gasteiger partial charge in [0.1, 0.15) is 5.75 Å². The monoisotopic (exact) mass is 253 g/mol. The first-order valence-corrected chi connectivity index (χ1v) is 5.92. The maximum absolute atomic E-state index is 11.8. The predicted octanol–water partition coefficient (Wildman–Crippen LogP) is 1.74. The van der Waals surface area contributed by atoms with Crippen molar-refractivity contribution in [2.24, 2.45) is 0 Å². The van der Waals surface area contributed by atoms with Crippen molar-refractivity contribution in [1.29, 1.82) is 0 Å². The van der Waals surface area contributed by atoms with Gasteiger partial charge in [-0.15, -0.1) is 12.6 Å². The van der Waals surface area contributed by atoms with Crippen LogP contribution < -0.4 is 9.64 Å². The second-order valence-electron chi connectivity index (χ2n) is 3.83. The first kappa shape index (κ1) is 12.3. The minimum atomic E-state index is -0.0208. The maximum atomic E-state index is 11.8. The predicted molar refractivity (Wildman–Crippen MR) is 68.0 cm³/mol. The summed E-state index contributed by atoms with van der Waals surface area (Å²) < 4.78 is 10.4. The van der Waals surface area contributed by atoms with E-state index < -0.39 is 0 Å². The molecule has 1 aromatic carbocycles. The molecule has 17 heavy (non-hydrogen) atoms. The highest BCUT2D eigenvalue weighted by Crippen LogP contribution is 2.33. The number of thiol groups is 1. The van der Waals surface area contributed by atoms with Crippen LogP contribution in [0, 0.1) is 0 Å². The second kappa shape index (κ2) is 5.42. The molecule has 0 unspecified atom stereocenters. The van der Waals surface area contributed by atoms with E-state index in [0.717, 1.165) is 22.8 Å². The third-order valence-electron chi connectivity index (χ3n) is 2.62. The van der Waals surface area contributed by atoms with Crippen molar-refractivity contribution >= 4 is 24.2 Å². The van der Waals surface area contributed by atoms with Gasteiger partial charge in [-0.25, -0.2) is 0 Å². The average Bonchev–Trinajstić information content (AvgIpc) is 2.32. The summed E-state index contributed by atoms with van der Waals surface area (Å²) in [5.74, 6) is 0.715. The number of carbonyl (C=O) groups excluding carboxylic acids is 1. The normalized spacial score (nSPS) is 14.5. The van der Waals surface area contributed by atoms with Gasteiger partial charge in [-0.3, -0.25) is 4.79 Å². The molecule has 0 aliphatic carbocycles. The lowest BCUT2D eigenvalue weighted by Gasteiger charge is -2.29. The van der Waals surface area contributed by atoms with Crippen molar-refractivity contribution in [3.8, 4) is 5.75 Å². The van der Waals surface area contributed by atoms with Crippen LogP contribution in [0.5, 0.6) is 5.75 Å². The Morgan fingerprint density at radius 3 is 3.12 bits per heavy atom. The SMILES string of the molecule is COCCCN1C(=O)COc2ccc(S)cc21. The Hall–Kier alpha value is -1.20. The van der Waals surface area contributed by atoms with Crippen LogP contribution in [0.15, 0.2) is 23.1 Å². The van der Waals surface area contributed by atoms with E-state index in [1.165, 1.54) is 0 Å². The molecule has 0 radical (unpaired) electrons. The van der Waals surface area contributed by atoms with E-state index >= 15 is 0 Å². The van der Waals surface area contributed by atoms with Gasteiger partial charge in [0.25, 0.3) is 5.91 Å². The van der Waals surface area contributed by atoms with Crippen molar-refractivity contribution in [3.05, 3.63) is 18.2 Å². The van der Waals surface area contributed by atoms with Gasteiger partial charge >= 0.3 is 0 Å². The maximum Gasteiger partial charge on any atom is 0.265 e. The lowest BCUT2D eigenvalue weighted by molar-refractivity contribution is -0.121. The fourth-order valence-electron chi connectivity index (χ4n) is 1.80. The number of anilines is 1. The van der Waals surface area contributed by atoms with Crippen LogP contribution >= 0.6 is 12.6 Å². The van der Waals surface area contributed by atoms with E-state index in [0.29, 0.717) is 13.2 Å². The van der Waals surface area contributed by atoms with Crippen LogP contribution in [-0.2, 0) is 9.53 Å².